The van der Waals surface area contributed by atoms with Crippen molar-refractivity contribution in [1.82, 2.24) is 10.3 Å². The number of sulfonamides is 1. The number of rotatable bonds is 9. The predicted molar refractivity (Wildman–Crippen MR) is 112 cm³/mol. The number of amides is 1. The second kappa shape index (κ2) is 10.1. The lowest BCUT2D eigenvalue weighted by Gasteiger charge is -2.13. The molecule has 0 fully saturated rings. The van der Waals surface area contributed by atoms with Crippen LogP contribution in [0.1, 0.15) is 16.8 Å². The lowest BCUT2D eigenvalue weighted by atomic mass is 10.1. The summed E-state index contributed by atoms with van der Waals surface area (Å²) in [6.45, 7) is 1.69. The Labute approximate surface area is 177 Å². The van der Waals surface area contributed by atoms with Crippen LogP contribution in [0.5, 0.6) is 0 Å². The van der Waals surface area contributed by atoms with Gasteiger partial charge in [0.15, 0.2) is 0 Å². The van der Waals surface area contributed by atoms with Crippen LogP contribution in [0.15, 0.2) is 45.2 Å². The molecule has 0 saturated carbocycles. The van der Waals surface area contributed by atoms with Crippen LogP contribution in [-0.4, -0.2) is 38.4 Å². The van der Waals surface area contributed by atoms with Crippen LogP contribution in [0.4, 0.5) is 5.69 Å². The third-order valence-electron chi connectivity index (χ3n) is 3.80. The zero-order valence-corrected chi connectivity index (χ0v) is 17.3. The molecule has 0 aliphatic rings. The van der Waals surface area contributed by atoms with E-state index in [4.69, 9.17) is 21.6 Å². The fourth-order valence-electron chi connectivity index (χ4n) is 2.53. The molecule has 0 saturated heterocycles. The van der Waals surface area contributed by atoms with Crippen molar-refractivity contribution in [2.75, 3.05) is 17.9 Å². The van der Waals surface area contributed by atoms with Crippen LogP contribution in [0, 0.1) is 18.3 Å². The summed E-state index contributed by atoms with van der Waals surface area (Å²) in [4.78, 5) is 31.7. The van der Waals surface area contributed by atoms with E-state index < -0.39 is 21.5 Å². The van der Waals surface area contributed by atoms with E-state index in [-0.39, 0.29) is 47.2 Å². The number of nitrogens with zero attached hydrogens (tertiary/aromatic N) is 2. The zero-order valence-electron chi connectivity index (χ0n) is 16.5. The van der Waals surface area contributed by atoms with Crippen molar-refractivity contribution in [2.45, 2.75) is 18.2 Å². The number of pyridine rings is 1. The topological polar surface area (TPSA) is 206 Å². The van der Waals surface area contributed by atoms with Gasteiger partial charge in [0.2, 0.25) is 11.9 Å². The number of H-pyrrole nitrogens is 1. The summed E-state index contributed by atoms with van der Waals surface area (Å²) in [5.74, 6) is -0.743. The van der Waals surface area contributed by atoms with Gasteiger partial charge in [0.25, 0.3) is 15.6 Å². The number of anilines is 1. The number of hydrogen-bond acceptors (Lipinski definition) is 7. The molecule has 31 heavy (non-hydrogen) atoms. The number of nitrogens with two attached hydrogens (primary N) is 2. The molecular formula is C18H21N7O5S. The van der Waals surface area contributed by atoms with E-state index >= 15 is 0 Å². The van der Waals surface area contributed by atoms with Crippen molar-refractivity contribution < 1.29 is 18.0 Å². The summed E-state index contributed by atoms with van der Waals surface area (Å²) in [5, 5.41) is 14.8. The molecule has 7 N–H and O–H groups in total. The van der Waals surface area contributed by atoms with Crippen molar-refractivity contribution in [3.8, 4) is 6.07 Å². The first-order valence-electron chi connectivity index (χ1n) is 8.86. The molecule has 0 unspecified atom stereocenters. The SMILES string of the molecule is Cc1cc(CC(=O)NCCON=C(N)N)c(NS(=O)(=O)c2cccc(C#N)c2)c(=O)[nH]1. The molecule has 0 atom stereocenters. The maximum absolute atomic E-state index is 12.7. The minimum atomic E-state index is -4.18. The Morgan fingerprint density at radius 3 is 2.74 bits per heavy atom. The number of nitriles is 1. The van der Waals surface area contributed by atoms with Gasteiger partial charge in [-0.05, 0) is 41.9 Å². The monoisotopic (exact) mass is 447 g/mol. The molecule has 1 aromatic heterocycles. The lowest BCUT2D eigenvalue weighted by Crippen LogP contribution is -2.30. The number of hydrogen-bond donors (Lipinski definition) is 5. The Hall–Kier alpha value is -4.05. The van der Waals surface area contributed by atoms with Gasteiger partial charge in [-0.2, -0.15) is 5.26 Å². The molecule has 164 valence electrons. The number of carbonyl (C=O) groups is 1. The molecule has 2 rings (SSSR count). The number of guanidine groups is 1. The van der Waals surface area contributed by atoms with Crippen LogP contribution in [0.25, 0.3) is 0 Å². The standard InChI is InChI=1S/C18H21N7O5S/c1-11-7-13(9-15(26)22-5-6-30-24-18(20)21)16(17(27)23-11)25-31(28,29)14-4-2-3-12(8-14)10-19/h2-4,7-8,25H,5-6,9H2,1H3,(H,22,26)(H,23,27)(H4,20,21,24). The van der Waals surface area contributed by atoms with Crippen LogP contribution in [-0.2, 0) is 26.1 Å². The van der Waals surface area contributed by atoms with Gasteiger partial charge in [-0.3, -0.25) is 14.3 Å². The maximum atomic E-state index is 12.7. The van der Waals surface area contributed by atoms with Gasteiger partial charge >= 0.3 is 0 Å². The number of nitrogens with one attached hydrogen (secondary N) is 3. The Kier molecular flexibility index (Phi) is 7.58. The highest BCUT2D eigenvalue weighted by Crippen LogP contribution is 2.18. The molecule has 0 bridgehead atoms. The average Bonchev–Trinajstić information content (AvgIpc) is 2.70. The lowest BCUT2D eigenvalue weighted by molar-refractivity contribution is -0.120. The second-order valence-electron chi connectivity index (χ2n) is 6.30. The van der Waals surface area contributed by atoms with Gasteiger partial charge in [-0.25, -0.2) is 8.42 Å². The number of carbonyl (C=O) groups excluding carboxylic acids is 1. The van der Waals surface area contributed by atoms with Gasteiger partial charge in [0.1, 0.15) is 12.3 Å². The van der Waals surface area contributed by atoms with E-state index in [0.717, 1.165) is 0 Å². The molecule has 12 nitrogen and oxygen atoms in total. The van der Waals surface area contributed by atoms with E-state index in [1.165, 1.54) is 30.3 Å². The minimum absolute atomic E-state index is 0.00671. The fourth-order valence-corrected chi connectivity index (χ4v) is 3.68. The third-order valence-corrected chi connectivity index (χ3v) is 5.14. The number of benzene rings is 1. The molecule has 0 radical (unpaired) electrons. The van der Waals surface area contributed by atoms with Gasteiger partial charge in [-0.1, -0.05) is 6.07 Å². The van der Waals surface area contributed by atoms with Gasteiger partial charge in [0.05, 0.1) is 29.5 Å². The van der Waals surface area contributed by atoms with E-state index in [2.05, 4.69) is 20.2 Å². The van der Waals surface area contributed by atoms with E-state index in [1.54, 1.807) is 6.92 Å². The molecular weight excluding hydrogens is 426 g/mol. The Balaban J connectivity index is 2.21. The van der Waals surface area contributed by atoms with Crippen LogP contribution < -0.4 is 27.1 Å². The van der Waals surface area contributed by atoms with Crippen molar-refractivity contribution in [1.29, 1.82) is 5.26 Å². The third kappa shape index (κ3) is 6.75. The minimum Gasteiger partial charge on any atom is -0.391 e. The van der Waals surface area contributed by atoms with Gasteiger partial charge in [-0.15, -0.1) is 0 Å². The molecule has 1 heterocycles. The highest BCUT2D eigenvalue weighted by Gasteiger charge is 2.20. The van der Waals surface area contributed by atoms with Crippen molar-refractivity contribution >= 4 is 27.6 Å². The number of aromatic nitrogens is 1. The highest BCUT2D eigenvalue weighted by molar-refractivity contribution is 7.92. The molecule has 2 aromatic rings. The van der Waals surface area contributed by atoms with Crippen molar-refractivity contribution in [3.63, 3.8) is 0 Å². The van der Waals surface area contributed by atoms with Crippen LogP contribution in [0.3, 0.4) is 0 Å². The Morgan fingerprint density at radius 2 is 2.06 bits per heavy atom. The summed E-state index contributed by atoms with van der Waals surface area (Å²) in [5.41, 5.74) is 9.96. The maximum Gasteiger partial charge on any atom is 0.272 e. The smallest absolute Gasteiger partial charge is 0.272 e. The molecule has 0 aliphatic carbocycles. The highest BCUT2D eigenvalue weighted by atomic mass is 32.2. The first-order valence-corrected chi connectivity index (χ1v) is 10.3. The molecule has 13 heteroatoms. The summed E-state index contributed by atoms with van der Waals surface area (Å²) in [7, 11) is -4.18. The van der Waals surface area contributed by atoms with E-state index in [0.29, 0.717) is 5.69 Å². The Morgan fingerprint density at radius 1 is 1.32 bits per heavy atom. The average molecular weight is 447 g/mol. The number of oxime groups is 1. The zero-order chi connectivity index (χ0) is 23.0. The van der Waals surface area contributed by atoms with Crippen molar-refractivity contribution in [2.24, 2.45) is 16.6 Å². The Bertz CT molecular complexity index is 1190. The largest absolute Gasteiger partial charge is 0.391 e. The molecule has 1 aromatic carbocycles. The van der Waals surface area contributed by atoms with E-state index in [9.17, 15) is 18.0 Å². The normalized spacial score (nSPS) is 10.6. The molecule has 1 amide bonds. The number of aromatic amines is 1. The summed E-state index contributed by atoms with van der Waals surface area (Å²) >= 11 is 0. The van der Waals surface area contributed by atoms with E-state index in [1.807, 2.05) is 6.07 Å². The van der Waals surface area contributed by atoms with Crippen LogP contribution >= 0.6 is 0 Å². The molecule has 0 aliphatic heterocycles. The first kappa shape index (κ1) is 23.2. The van der Waals surface area contributed by atoms with Gasteiger partial charge < -0.3 is 26.6 Å². The molecule has 0 spiro atoms. The first-order chi connectivity index (χ1) is 14.6. The fraction of sp³-hybridized carbons (Fsp3) is 0.222. The predicted octanol–water partition coefficient (Wildman–Crippen LogP) is -0.780. The summed E-state index contributed by atoms with van der Waals surface area (Å²) < 4.78 is 27.7. The van der Waals surface area contributed by atoms with Gasteiger partial charge in [0, 0.05) is 5.69 Å². The van der Waals surface area contributed by atoms with Crippen LogP contribution in [0.2, 0.25) is 0 Å². The quantitative estimate of drug-likeness (QED) is 0.142. The second-order valence-corrected chi connectivity index (χ2v) is 7.99. The summed E-state index contributed by atoms with van der Waals surface area (Å²) in [6.07, 6.45) is -0.275. The number of aryl methyl sites for hydroxylation is 1. The van der Waals surface area contributed by atoms with Crippen molar-refractivity contribution in [3.05, 3.63) is 57.5 Å². The summed E-state index contributed by atoms with van der Waals surface area (Å²) in [6, 6.07) is 8.65.